The summed E-state index contributed by atoms with van der Waals surface area (Å²) in [4.78, 5) is 4.69. The van der Waals surface area contributed by atoms with E-state index in [0.717, 1.165) is 34.7 Å². The molecule has 0 bridgehead atoms. The average Bonchev–Trinajstić information content (AvgIpc) is 2.85. The second-order valence-corrected chi connectivity index (χ2v) is 5.92. The van der Waals surface area contributed by atoms with Crippen molar-refractivity contribution >= 4 is 22.3 Å². The first kappa shape index (κ1) is 12.5. The largest absolute Gasteiger partial charge is 0.316 e. The number of hydrogen-bond donors (Lipinski definition) is 2. The topological polar surface area (TPSA) is 62.7 Å². The molecule has 1 atom stereocenters. The van der Waals surface area contributed by atoms with Gasteiger partial charge in [0.1, 0.15) is 10.8 Å². The van der Waals surface area contributed by atoms with Crippen LogP contribution in [0.1, 0.15) is 29.5 Å². The Balaban J connectivity index is 1.75. The number of anilines is 2. The number of hydrogen-bond acceptors (Lipinski definition) is 6. The number of nitrogens with one attached hydrogen (secondary N) is 2. The van der Waals surface area contributed by atoms with Gasteiger partial charge >= 0.3 is 0 Å². The first-order valence-electron chi connectivity index (χ1n) is 6.56. The monoisotopic (exact) mass is 275 g/mol. The van der Waals surface area contributed by atoms with Gasteiger partial charge in [0.25, 0.3) is 0 Å². The molecule has 3 heterocycles. The molecule has 1 saturated heterocycles. The second-order valence-electron chi connectivity index (χ2n) is 4.74. The molecule has 0 aliphatic carbocycles. The molecule has 19 heavy (non-hydrogen) atoms. The number of nitrogens with zero attached hydrogens (tertiary/aromatic N) is 3. The standard InChI is InChI=1S/C13H17N5S/c1-9-17-18-13(19-9)16-12-6-2-5-11(15-12)10-4-3-7-14-8-10/h2,5-6,10,14H,3-4,7-8H2,1H3,(H,15,16,18)/t10-/m0/s1. The van der Waals surface area contributed by atoms with Gasteiger partial charge in [0, 0.05) is 18.2 Å². The molecule has 0 amide bonds. The molecule has 2 N–H and O–H groups in total. The first-order valence-corrected chi connectivity index (χ1v) is 7.38. The first-order chi connectivity index (χ1) is 9.31. The summed E-state index contributed by atoms with van der Waals surface area (Å²) in [6.07, 6.45) is 2.43. The Hall–Kier alpha value is -1.53. The van der Waals surface area contributed by atoms with Gasteiger partial charge in [0.05, 0.1) is 0 Å². The minimum absolute atomic E-state index is 0.520. The normalized spacial score (nSPS) is 19.3. The number of aryl methyl sites for hydroxylation is 1. The van der Waals surface area contributed by atoms with E-state index in [0.29, 0.717) is 5.92 Å². The van der Waals surface area contributed by atoms with Crippen LogP contribution in [0.15, 0.2) is 18.2 Å². The fraction of sp³-hybridized carbons (Fsp3) is 0.462. The average molecular weight is 275 g/mol. The van der Waals surface area contributed by atoms with Crippen molar-refractivity contribution in [1.29, 1.82) is 0 Å². The van der Waals surface area contributed by atoms with Crippen LogP contribution in [0.3, 0.4) is 0 Å². The minimum atomic E-state index is 0.520. The Morgan fingerprint density at radius 1 is 1.37 bits per heavy atom. The van der Waals surface area contributed by atoms with Gasteiger partial charge in [-0.2, -0.15) is 0 Å². The van der Waals surface area contributed by atoms with E-state index in [2.05, 4.69) is 31.9 Å². The SMILES string of the molecule is Cc1nnc(Nc2cccc([C@H]3CCCNC3)n2)s1. The van der Waals surface area contributed by atoms with E-state index in [-0.39, 0.29) is 0 Å². The number of aromatic nitrogens is 3. The lowest BCUT2D eigenvalue weighted by Crippen LogP contribution is -2.28. The van der Waals surface area contributed by atoms with E-state index >= 15 is 0 Å². The lowest BCUT2D eigenvalue weighted by molar-refractivity contribution is 0.455. The third-order valence-electron chi connectivity index (χ3n) is 3.25. The maximum absolute atomic E-state index is 4.69. The van der Waals surface area contributed by atoms with Crippen molar-refractivity contribution in [3.05, 3.63) is 28.9 Å². The highest BCUT2D eigenvalue weighted by molar-refractivity contribution is 7.15. The van der Waals surface area contributed by atoms with Crippen LogP contribution in [-0.2, 0) is 0 Å². The van der Waals surface area contributed by atoms with E-state index in [9.17, 15) is 0 Å². The van der Waals surface area contributed by atoms with Crippen molar-refractivity contribution in [2.75, 3.05) is 18.4 Å². The van der Waals surface area contributed by atoms with E-state index in [1.807, 2.05) is 19.1 Å². The molecule has 0 spiro atoms. The molecule has 6 heteroatoms. The Morgan fingerprint density at radius 2 is 2.32 bits per heavy atom. The Bertz CT molecular complexity index is 547. The summed E-state index contributed by atoms with van der Waals surface area (Å²) in [6.45, 7) is 4.09. The van der Waals surface area contributed by atoms with E-state index in [4.69, 9.17) is 0 Å². The maximum atomic E-state index is 4.69. The molecule has 0 unspecified atom stereocenters. The van der Waals surface area contributed by atoms with Gasteiger partial charge in [-0.25, -0.2) is 4.98 Å². The molecule has 1 aliphatic rings. The van der Waals surface area contributed by atoms with E-state index in [1.54, 1.807) is 0 Å². The summed E-state index contributed by atoms with van der Waals surface area (Å²) in [5, 5.41) is 16.4. The molecular formula is C13H17N5S. The van der Waals surface area contributed by atoms with Crippen LogP contribution < -0.4 is 10.6 Å². The van der Waals surface area contributed by atoms with Crippen LogP contribution in [0.5, 0.6) is 0 Å². The molecule has 0 saturated carbocycles. The van der Waals surface area contributed by atoms with Gasteiger partial charge in [-0.1, -0.05) is 17.4 Å². The van der Waals surface area contributed by atoms with Gasteiger partial charge in [0.15, 0.2) is 0 Å². The smallest absolute Gasteiger partial charge is 0.211 e. The molecule has 1 aliphatic heterocycles. The van der Waals surface area contributed by atoms with Gasteiger partial charge in [-0.05, 0) is 38.4 Å². The fourth-order valence-corrected chi connectivity index (χ4v) is 2.91. The summed E-state index contributed by atoms with van der Waals surface area (Å²) >= 11 is 1.54. The van der Waals surface area contributed by atoms with Gasteiger partial charge in [-0.3, -0.25) is 0 Å². The summed E-state index contributed by atoms with van der Waals surface area (Å²) in [5.74, 6) is 1.37. The quantitative estimate of drug-likeness (QED) is 0.901. The molecule has 0 aromatic carbocycles. The second kappa shape index (κ2) is 5.63. The number of rotatable bonds is 3. The van der Waals surface area contributed by atoms with Crippen LogP contribution in [-0.4, -0.2) is 28.3 Å². The van der Waals surface area contributed by atoms with Crippen molar-refractivity contribution in [2.24, 2.45) is 0 Å². The highest BCUT2D eigenvalue weighted by atomic mass is 32.1. The fourth-order valence-electron chi connectivity index (χ4n) is 2.31. The van der Waals surface area contributed by atoms with Crippen molar-refractivity contribution in [3.8, 4) is 0 Å². The van der Waals surface area contributed by atoms with Crippen molar-refractivity contribution in [1.82, 2.24) is 20.5 Å². The van der Waals surface area contributed by atoms with E-state index in [1.165, 1.54) is 24.2 Å². The molecule has 1 fully saturated rings. The molecule has 2 aromatic rings. The van der Waals surface area contributed by atoms with Crippen molar-refractivity contribution in [3.63, 3.8) is 0 Å². The number of pyridine rings is 1. The van der Waals surface area contributed by atoms with Crippen LogP contribution in [0.25, 0.3) is 0 Å². The van der Waals surface area contributed by atoms with Gasteiger partial charge < -0.3 is 10.6 Å². The van der Waals surface area contributed by atoms with Crippen molar-refractivity contribution < 1.29 is 0 Å². The maximum Gasteiger partial charge on any atom is 0.211 e. The summed E-state index contributed by atoms with van der Waals surface area (Å²) < 4.78 is 0. The highest BCUT2D eigenvalue weighted by Gasteiger charge is 2.16. The van der Waals surface area contributed by atoms with Gasteiger partial charge in [0.2, 0.25) is 5.13 Å². The van der Waals surface area contributed by atoms with Crippen LogP contribution in [0.4, 0.5) is 10.9 Å². The molecule has 3 rings (SSSR count). The molecule has 2 aromatic heterocycles. The highest BCUT2D eigenvalue weighted by Crippen LogP contribution is 2.24. The minimum Gasteiger partial charge on any atom is -0.316 e. The van der Waals surface area contributed by atoms with Crippen molar-refractivity contribution in [2.45, 2.75) is 25.7 Å². The molecule has 0 radical (unpaired) electrons. The molecular weight excluding hydrogens is 258 g/mol. The zero-order valence-corrected chi connectivity index (χ0v) is 11.7. The lowest BCUT2D eigenvalue weighted by atomic mass is 9.96. The zero-order valence-electron chi connectivity index (χ0n) is 10.9. The zero-order chi connectivity index (χ0) is 13.1. The summed E-state index contributed by atoms with van der Waals surface area (Å²) in [6, 6.07) is 6.12. The lowest BCUT2D eigenvalue weighted by Gasteiger charge is -2.22. The Morgan fingerprint density at radius 3 is 3.05 bits per heavy atom. The Labute approximate surface area is 116 Å². The van der Waals surface area contributed by atoms with E-state index < -0.39 is 0 Å². The van der Waals surface area contributed by atoms with Crippen LogP contribution in [0.2, 0.25) is 0 Å². The predicted octanol–water partition coefficient (Wildman–Crippen LogP) is 2.45. The van der Waals surface area contributed by atoms with Crippen LogP contribution >= 0.6 is 11.3 Å². The molecule has 100 valence electrons. The van der Waals surface area contributed by atoms with Gasteiger partial charge in [-0.15, -0.1) is 10.2 Å². The summed E-state index contributed by atoms with van der Waals surface area (Å²) in [7, 11) is 0. The third-order valence-corrected chi connectivity index (χ3v) is 4.00. The Kier molecular flexibility index (Phi) is 3.70. The number of piperidine rings is 1. The van der Waals surface area contributed by atoms with Crippen LogP contribution in [0, 0.1) is 6.92 Å². The molecule has 5 nitrogen and oxygen atoms in total. The summed E-state index contributed by atoms with van der Waals surface area (Å²) in [5.41, 5.74) is 1.15. The third kappa shape index (κ3) is 3.08. The predicted molar refractivity (Wildman–Crippen MR) is 77.0 cm³/mol.